The van der Waals surface area contributed by atoms with Crippen LogP contribution in [0.5, 0.6) is 0 Å². The third-order valence-corrected chi connectivity index (χ3v) is 2.92. The van der Waals surface area contributed by atoms with Gasteiger partial charge in [-0.3, -0.25) is 0 Å². The summed E-state index contributed by atoms with van der Waals surface area (Å²) in [5, 5.41) is 2.85. The average Bonchev–Trinajstić information content (AvgIpc) is 2.43. The fourth-order valence-electron chi connectivity index (χ4n) is 1.55. The van der Waals surface area contributed by atoms with Crippen molar-refractivity contribution in [3.63, 3.8) is 0 Å². The van der Waals surface area contributed by atoms with E-state index in [1.54, 1.807) is 13.2 Å². The van der Waals surface area contributed by atoms with E-state index in [2.05, 4.69) is 11.2 Å². The summed E-state index contributed by atoms with van der Waals surface area (Å²) in [5.41, 5.74) is 0.653. The highest BCUT2D eigenvalue weighted by atomic mass is 35.5. The maximum absolute atomic E-state index is 13.0. The Balaban J connectivity index is 2.77. The molecule has 0 radical (unpaired) electrons. The first-order valence-corrected chi connectivity index (χ1v) is 6.35. The van der Waals surface area contributed by atoms with Gasteiger partial charge in [-0.05, 0) is 17.7 Å². The van der Waals surface area contributed by atoms with Crippen molar-refractivity contribution in [1.82, 2.24) is 10.2 Å². The number of carbonyl (C=O) groups excluding carboxylic acids is 1. The van der Waals surface area contributed by atoms with Gasteiger partial charge in [-0.2, -0.15) is 0 Å². The van der Waals surface area contributed by atoms with Crippen LogP contribution in [0.3, 0.4) is 0 Å². The molecule has 1 aromatic carbocycles. The van der Waals surface area contributed by atoms with Crippen molar-refractivity contribution in [1.29, 1.82) is 0 Å². The SMILES string of the molecule is C#CCNC(=O)N(CCOC)Cc1ccc(F)cc1Cl. The van der Waals surface area contributed by atoms with Gasteiger partial charge in [0.15, 0.2) is 0 Å². The van der Waals surface area contributed by atoms with Gasteiger partial charge in [-0.15, -0.1) is 6.42 Å². The minimum absolute atomic E-state index is 0.138. The largest absolute Gasteiger partial charge is 0.383 e. The summed E-state index contributed by atoms with van der Waals surface area (Å²) in [5.74, 6) is 1.91. The minimum atomic E-state index is -0.418. The minimum Gasteiger partial charge on any atom is -0.383 e. The normalized spacial score (nSPS) is 9.90. The number of rotatable bonds is 6. The van der Waals surface area contributed by atoms with Crippen LogP contribution < -0.4 is 5.32 Å². The first-order chi connectivity index (χ1) is 9.58. The number of urea groups is 1. The predicted molar refractivity (Wildman–Crippen MR) is 75.9 cm³/mol. The molecule has 1 N–H and O–H groups in total. The topological polar surface area (TPSA) is 41.6 Å². The number of amides is 2. The summed E-state index contributed by atoms with van der Waals surface area (Å²) in [6.07, 6.45) is 5.10. The molecule has 0 bridgehead atoms. The van der Waals surface area contributed by atoms with E-state index < -0.39 is 5.82 Å². The number of nitrogens with zero attached hydrogens (tertiary/aromatic N) is 1. The Labute approximate surface area is 122 Å². The van der Waals surface area contributed by atoms with E-state index in [1.165, 1.54) is 17.0 Å². The third kappa shape index (κ3) is 5.08. The second-order valence-electron chi connectivity index (χ2n) is 4.01. The average molecular weight is 299 g/mol. The molecule has 0 aliphatic rings. The fourth-order valence-corrected chi connectivity index (χ4v) is 1.77. The Hall–Kier alpha value is -1.77. The molecule has 6 heteroatoms. The second kappa shape index (κ2) is 8.41. The zero-order valence-corrected chi connectivity index (χ0v) is 11.9. The molecule has 0 aliphatic heterocycles. The lowest BCUT2D eigenvalue weighted by Gasteiger charge is -2.23. The van der Waals surface area contributed by atoms with Crippen LogP contribution in [-0.2, 0) is 11.3 Å². The van der Waals surface area contributed by atoms with E-state index in [9.17, 15) is 9.18 Å². The van der Waals surface area contributed by atoms with Crippen molar-refractivity contribution in [3.05, 3.63) is 34.6 Å². The number of terminal acetylenes is 1. The Morgan fingerprint density at radius 3 is 2.95 bits per heavy atom. The molecule has 1 rings (SSSR count). The monoisotopic (exact) mass is 298 g/mol. The lowest BCUT2D eigenvalue weighted by Crippen LogP contribution is -2.41. The third-order valence-electron chi connectivity index (χ3n) is 2.57. The van der Waals surface area contributed by atoms with Crippen LogP contribution >= 0.6 is 11.6 Å². The van der Waals surface area contributed by atoms with Gasteiger partial charge in [0, 0.05) is 25.2 Å². The standard InChI is InChI=1S/C14H16ClFN2O2/c1-3-6-17-14(19)18(7-8-20-2)10-11-4-5-12(16)9-13(11)15/h1,4-5,9H,6-8,10H2,2H3,(H,17,19). The predicted octanol–water partition coefficient (Wildman–Crippen LogP) is 2.27. The molecule has 0 unspecified atom stereocenters. The van der Waals surface area contributed by atoms with Gasteiger partial charge in [0.1, 0.15) is 5.82 Å². The van der Waals surface area contributed by atoms with Crippen molar-refractivity contribution in [2.45, 2.75) is 6.54 Å². The zero-order valence-electron chi connectivity index (χ0n) is 11.2. The summed E-state index contributed by atoms with van der Waals surface area (Å²) < 4.78 is 18.0. The molecule has 0 heterocycles. The van der Waals surface area contributed by atoms with Crippen molar-refractivity contribution < 1.29 is 13.9 Å². The Bertz CT molecular complexity index is 502. The smallest absolute Gasteiger partial charge is 0.318 e. The molecule has 1 aromatic rings. The van der Waals surface area contributed by atoms with Gasteiger partial charge in [0.05, 0.1) is 13.2 Å². The lowest BCUT2D eigenvalue weighted by molar-refractivity contribution is 0.147. The first-order valence-electron chi connectivity index (χ1n) is 5.97. The van der Waals surface area contributed by atoms with E-state index in [0.717, 1.165) is 0 Å². The van der Waals surface area contributed by atoms with Gasteiger partial charge in [-0.25, -0.2) is 9.18 Å². The van der Waals surface area contributed by atoms with Gasteiger partial charge < -0.3 is 15.0 Å². The summed E-state index contributed by atoms with van der Waals surface area (Å²) in [6, 6.07) is 3.74. The highest BCUT2D eigenvalue weighted by Gasteiger charge is 2.14. The molecule has 0 atom stereocenters. The molecule has 0 spiro atoms. The van der Waals surface area contributed by atoms with Crippen LogP contribution in [-0.4, -0.2) is 37.7 Å². The Morgan fingerprint density at radius 1 is 1.60 bits per heavy atom. The second-order valence-corrected chi connectivity index (χ2v) is 4.42. The van der Waals surface area contributed by atoms with Crippen LogP contribution in [0.25, 0.3) is 0 Å². The summed E-state index contributed by atoms with van der Waals surface area (Å²) in [6.45, 7) is 1.14. The Morgan fingerprint density at radius 2 is 2.35 bits per heavy atom. The summed E-state index contributed by atoms with van der Waals surface area (Å²) in [7, 11) is 1.54. The van der Waals surface area contributed by atoms with Gasteiger partial charge in [-0.1, -0.05) is 23.6 Å². The Kier molecular flexibility index (Phi) is 6.85. The number of benzene rings is 1. The molecular weight excluding hydrogens is 283 g/mol. The molecule has 20 heavy (non-hydrogen) atoms. The van der Waals surface area contributed by atoms with Crippen LogP contribution in [0.2, 0.25) is 5.02 Å². The van der Waals surface area contributed by atoms with Crippen LogP contribution in [0, 0.1) is 18.2 Å². The molecular formula is C14H16ClFN2O2. The van der Waals surface area contributed by atoms with Crippen molar-refractivity contribution in [2.24, 2.45) is 0 Å². The molecule has 0 aliphatic carbocycles. The van der Waals surface area contributed by atoms with Crippen molar-refractivity contribution in [2.75, 3.05) is 26.8 Å². The molecule has 0 saturated heterocycles. The van der Waals surface area contributed by atoms with Gasteiger partial charge in [0.2, 0.25) is 0 Å². The fraction of sp³-hybridized carbons (Fsp3) is 0.357. The number of hydrogen-bond donors (Lipinski definition) is 1. The maximum Gasteiger partial charge on any atom is 0.318 e. The highest BCUT2D eigenvalue weighted by Crippen LogP contribution is 2.19. The zero-order chi connectivity index (χ0) is 15.0. The first kappa shape index (κ1) is 16.3. The van der Waals surface area contributed by atoms with E-state index in [-0.39, 0.29) is 24.1 Å². The quantitative estimate of drug-likeness (QED) is 0.819. The van der Waals surface area contributed by atoms with E-state index in [0.29, 0.717) is 18.7 Å². The van der Waals surface area contributed by atoms with Gasteiger partial charge >= 0.3 is 6.03 Å². The molecule has 0 fully saturated rings. The highest BCUT2D eigenvalue weighted by molar-refractivity contribution is 6.31. The lowest BCUT2D eigenvalue weighted by atomic mass is 10.2. The number of methoxy groups -OCH3 is 1. The van der Waals surface area contributed by atoms with E-state index in [4.69, 9.17) is 22.8 Å². The number of nitrogens with one attached hydrogen (secondary N) is 1. The summed E-state index contributed by atoms with van der Waals surface area (Å²) >= 11 is 5.95. The van der Waals surface area contributed by atoms with Crippen LogP contribution in [0.15, 0.2) is 18.2 Å². The molecule has 0 saturated carbocycles. The number of carbonyl (C=O) groups is 1. The number of ether oxygens (including phenoxy) is 1. The molecule has 108 valence electrons. The molecule has 4 nitrogen and oxygen atoms in total. The van der Waals surface area contributed by atoms with Crippen LogP contribution in [0.4, 0.5) is 9.18 Å². The van der Waals surface area contributed by atoms with Crippen molar-refractivity contribution in [3.8, 4) is 12.3 Å². The van der Waals surface area contributed by atoms with Crippen LogP contribution in [0.1, 0.15) is 5.56 Å². The summed E-state index contributed by atoms with van der Waals surface area (Å²) in [4.78, 5) is 13.4. The number of hydrogen-bond acceptors (Lipinski definition) is 2. The molecule has 2 amide bonds. The van der Waals surface area contributed by atoms with Gasteiger partial charge in [0.25, 0.3) is 0 Å². The molecule has 0 aromatic heterocycles. The number of halogens is 2. The maximum atomic E-state index is 13.0. The van der Waals surface area contributed by atoms with E-state index >= 15 is 0 Å². The van der Waals surface area contributed by atoms with Crippen molar-refractivity contribution >= 4 is 17.6 Å². The van der Waals surface area contributed by atoms with E-state index in [1.807, 2.05) is 0 Å².